The zero-order chi connectivity index (χ0) is 73.0. The Morgan fingerprint density at radius 1 is 0.293 bits per heavy atom. The number of carbonyl (C=O) groups is 4. The molecule has 0 fully saturated rings. The van der Waals surface area contributed by atoms with Crippen molar-refractivity contribution in [3.8, 4) is 0 Å². The number of phosphoric acid groups is 2. The van der Waals surface area contributed by atoms with E-state index in [-0.39, 0.29) is 25.7 Å². The van der Waals surface area contributed by atoms with Gasteiger partial charge in [0, 0.05) is 25.7 Å². The van der Waals surface area contributed by atoms with Crippen LogP contribution < -0.4 is 0 Å². The number of carbonyl (C=O) groups excluding carboxylic acids is 4. The van der Waals surface area contributed by atoms with Gasteiger partial charge in [0.25, 0.3) is 0 Å². The van der Waals surface area contributed by atoms with E-state index in [1.807, 2.05) is 0 Å². The van der Waals surface area contributed by atoms with Gasteiger partial charge >= 0.3 is 39.5 Å². The quantitative estimate of drug-likeness (QED) is 0.0222. The third kappa shape index (κ3) is 72.8. The van der Waals surface area contributed by atoms with Gasteiger partial charge in [-0.3, -0.25) is 37.3 Å². The number of hydrogen-bond donors (Lipinski definition) is 3. The molecule has 0 aromatic heterocycles. The van der Waals surface area contributed by atoms with E-state index in [0.717, 1.165) is 108 Å². The lowest BCUT2D eigenvalue weighted by molar-refractivity contribution is -0.161. The van der Waals surface area contributed by atoms with Gasteiger partial charge in [0.2, 0.25) is 0 Å². The summed E-state index contributed by atoms with van der Waals surface area (Å²) >= 11 is 0. The Bertz CT molecular complexity index is 1920. The van der Waals surface area contributed by atoms with E-state index in [9.17, 15) is 43.2 Å². The molecule has 0 spiro atoms. The van der Waals surface area contributed by atoms with E-state index in [0.29, 0.717) is 31.6 Å². The van der Waals surface area contributed by atoms with Gasteiger partial charge in [0.15, 0.2) is 12.2 Å². The fourth-order valence-electron chi connectivity index (χ4n) is 12.3. The maximum atomic E-state index is 13.1. The predicted molar refractivity (Wildman–Crippen MR) is 405 cm³/mol. The third-order valence-electron chi connectivity index (χ3n) is 19.0. The molecular formula is C80H156O17P2. The fourth-order valence-corrected chi connectivity index (χ4v) is 13.9. The van der Waals surface area contributed by atoms with Crippen LogP contribution in [0.2, 0.25) is 0 Å². The lowest BCUT2D eigenvalue weighted by Gasteiger charge is -2.21. The number of unbranched alkanes of at least 4 members (excludes halogenated alkanes) is 45. The molecule has 0 heterocycles. The number of aliphatic hydroxyl groups is 1. The van der Waals surface area contributed by atoms with Crippen molar-refractivity contribution in [2.45, 2.75) is 433 Å². The molecule has 0 aliphatic carbocycles. The highest BCUT2D eigenvalue weighted by molar-refractivity contribution is 7.47. The monoisotopic (exact) mass is 1450 g/mol. The first-order chi connectivity index (χ1) is 47.8. The van der Waals surface area contributed by atoms with E-state index in [2.05, 4.69) is 48.5 Å². The van der Waals surface area contributed by atoms with Gasteiger partial charge in [-0.05, 0) is 43.4 Å². The van der Waals surface area contributed by atoms with Gasteiger partial charge < -0.3 is 33.8 Å². The molecule has 6 atom stereocenters. The topological polar surface area (TPSA) is 237 Å². The highest BCUT2D eigenvalue weighted by atomic mass is 31.2. The zero-order valence-corrected chi connectivity index (χ0v) is 66.8. The SMILES string of the molecule is CCCCCCCCCCCCCCCCCCCCCCC(=O)O[C@H](COC(=O)CCCCCCCCCCCCCCCCC(C)C)COP(=O)(O)OC[C@@H](O)COP(=O)(O)OC[C@@H](COC(=O)CCCCCCCCCC(C)C)OC(=O)CCCCCCCCCCC(C)CC. The molecule has 588 valence electrons. The molecule has 0 aliphatic heterocycles. The molecular weight excluding hydrogens is 1290 g/mol. The second-order valence-corrected chi connectivity index (χ2v) is 32.9. The minimum Gasteiger partial charge on any atom is -0.462 e. The summed E-state index contributed by atoms with van der Waals surface area (Å²) < 4.78 is 68.6. The number of hydrogen-bond acceptors (Lipinski definition) is 15. The lowest BCUT2D eigenvalue weighted by Crippen LogP contribution is -2.30. The van der Waals surface area contributed by atoms with E-state index >= 15 is 0 Å². The van der Waals surface area contributed by atoms with E-state index in [1.165, 1.54) is 218 Å². The minimum atomic E-state index is -4.96. The first-order valence-corrected chi connectivity index (χ1v) is 44.4. The van der Waals surface area contributed by atoms with Gasteiger partial charge in [-0.2, -0.15) is 0 Å². The van der Waals surface area contributed by atoms with Crippen LogP contribution in [0.1, 0.15) is 414 Å². The highest BCUT2D eigenvalue weighted by Crippen LogP contribution is 2.45. The molecule has 0 saturated carbocycles. The molecule has 0 saturated heterocycles. The molecule has 19 heteroatoms. The average molecular weight is 1450 g/mol. The second kappa shape index (κ2) is 70.4. The van der Waals surface area contributed by atoms with Crippen LogP contribution in [0.5, 0.6) is 0 Å². The summed E-state index contributed by atoms with van der Waals surface area (Å²) in [6.45, 7) is 11.9. The molecule has 3 unspecified atom stereocenters. The van der Waals surface area contributed by atoms with Gasteiger partial charge in [-0.25, -0.2) is 9.13 Å². The van der Waals surface area contributed by atoms with Crippen molar-refractivity contribution in [1.82, 2.24) is 0 Å². The Balaban J connectivity index is 5.23. The molecule has 0 radical (unpaired) electrons. The Labute approximate surface area is 607 Å². The van der Waals surface area contributed by atoms with Crippen LogP contribution in [0.25, 0.3) is 0 Å². The van der Waals surface area contributed by atoms with Gasteiger partial charge in [0.1, 0.15) is 19.3 Å². The summed E-state index contributed by atoms with van der Waals surface area (Å²) in [6.07, 6.45) is 58.4. The van der Waals surface area contributed by atoms with Crippen LogP contribution in [-0.4, -0.2) is 96.7 Å². The molecule has 0 aliphatic rings. The molecule has 0 aromatic rings. The molecule has 3 N–H and O–H groups in total. The Morgan fingerprint density at radius 3 is 0.768 bits per heavy atom. The van der Waals surface area contributed by atoms with Crippen molar-refractivity contribution >= 4 is 39.5 Å². The smallest absolute Gasteiger partial charge is 0.462 e. The molecule has 0 aromatic carbocycles. The maximum absolute atomic E-state index is 13.1. The largest absolute Gasteiger partial charge is 0.472 e. The Morgan fingerprint density at radius 2 is 0.515 bits per heavy atom. The molecule has 99 heavy (non-hydrogen) atoms. The van der Waals surface area contributed by atoms with Gasteiger partial charge in [-0.15, -0.1) is 0 Å². The second-order valence-electron chi connectivity index (χ2n) is 30.0. The van der Waals surface area contributed by atoms with Crippen LogP contribution >= 0.6 is 15.6 Å². The van der Waals surface area contributed by atoms with Gasteiger partial charge in [0.05, 0.1) is 26.4 Å². The third-order valence-corrected chi connectivity index (χ3v) is 20.9. The number of phosphoric ester groups is 2. The number of rotatable bonds is 78. The Kier molecular flexibility index (Phi) is 69.0. The summed E-state index contributed by atoms with van der Waals surface area (Å²) in [7, 11) is -9.92. The van der Waals surface area contributed by atoms with Crippen molar-refractivity contribution in [3.63, 3.8) is 0 Å². The van der Waals surface area contributed by atoms with Gasteiger partial charge in [-0.1, -0.05) is 363 Å². The van der Waals surface area contributed by atoms with E-state index in [1.54, 1.807) is 0 Å². The number of ether oxygens (including phenoxy) is 4. The van der Waals surface area contributed by atoms with Crippen LogP contribution in [0.15, 0.2) is 0 Å². The zero-order valence-electron chi connectivity index (χ0n) is 65.0. The maximum Gasteiger partial charge on any atom is 0.472 e. The number of esters is 4. The first-order valence-electron chi connectivity index (χ1n) is 41.4. The van der Waals surface area contributed by atoms with Crippen molar-refractivity contribution in [2.75, 3.05) is 39.6 Å². The summed E-state index contributed by atoms with van der Waals surface area (Å²) in [6, 6.07) is 0. The van der Waals surface area contributed by atoms with Crippen molar-refractivity contribution in [1.29, 1.82) is 0 Å². The van der Waals surface area contributed by atoms with Crippen LogP contribution in [-0.2, 0) is 65.4 Å². The highest BCUT2D eigenvalue weighted by Gasteiger charge is 2.30. The first kappa shape index (κ1) is 97.1. The van der Waals surface area contributed by atoms with Crippen molar-refractivity contribution in [3.05, 3.63) is 0 Å². The fraction of sp³-hybridized carbons (Fsp3) is 0.950. The number of aliphatic hydroxyl groups excluding tert-OH is 1. The van der Waals surface area contributed by atoms with Crippen LogP contribution in [0.3, 0.4) is 0 Å². The minimum absolute atomic E-state index is 0.104. The summed E-state index contributed by atoms with van der Waals surface area (Å²) in [4.78, 5) is 72.9. The summed E-state index contributed by atoms with van der Waals surface area (Å²) in [5.74, 6) is 0.158. The summed E-state index contributed by atoms with van der Waals surface area (Å²) in [5, 5.41) is 10.6. The standard InChI is InChI=1S/C80H156O17P2/c1-8-10-11-12-13-14-15-16-17-18-19-20-21-22-27-30-33-41-49-56-63-79(84)96-75(67-90-77(82)61-54-47-40-32-29-26-24-23-25-28-31-37-44-51-58-71(3)4)69-94-98(86,87)92-65-74(81)66-93-99(88,89)95-70-76(68-91-78(83)62-55-48-43-36-38-45-52-59-72(5)6)97-80(85)64-57-50-42-35-34-39-46-53-60-73(7)9-2/h71-76,81H,8-70H2,1-7H3,(H,86,87)(H,88,89)/t73?,74-,75-,76-/m1/s1. The van der Waals surface area contributed by atoms with Crippen molar-refractivity contribution < 1.29 is 80.2 Å². The Hall–Kier alpha value is -1.94. The molecule has 0 amide bonds. The molecule has 0 bridgehead atoms. The predicted octanol–water partition coefficient (Wildman–Crippen LogP) is 23.7. The van der Waals surface area contributed by atoms with Crippen LogP contribution in [0, 0.1) is 17.8 Å². The molecule has 0 rings (SSSR count). The lowest BCUT2D eigenvalue weighted by atomic mass is 9.99. The normalized spacial score (nSPS) is 14.3. The van der Waals surface area contributed by atoms with Crippen LogP contribution in [0.4, 0.5) is 0 Å². The van der Waals surface area contributed by atoms with Crippen molar-refractivity contribution in [2.24, 2.45) is 17.8 Å². The van der Waals surface area contributed by atoms with E-state index in [4.69, 9.17) is 37.0 Å². The average Bonchev–Trinajstić information content (AvgIpc) is 0.945. The summed E-state index contributed by atoms with van der Waals surface area (Å²) in [5.41, 5.74) is 0. The van der Waals surface area contributed by atoms with E-state index < -0.39 is 97.5 Å². The molecule has 17 nitrogen and oxygen atoms in total.